The standard InChI is InChI=1S/C23H26F3N7O3S/c1-14-5-6-29-17(11-14)20(27)37-22(28)31-21(35)15-3-4-18(36-23(24,25)26)16(12-15)30-19(34)13-33-9-7-32(2)8-10-33/h3-6,11-12,27H,7-10,13H2,1-2H3,(H,30,34)(H2,28,31,35). The molecule has 2 amide bonds. The molecule has 2 aromatic rings. The Kier molecular flexibility index (Phi) is 9.23. The number of thioether (sulfide) groups is 1. The highest BCUT2D eigenvalue weighted by Gasteiger charge is 2.32. The number of aryl methyl sites for hydroxylation is 1. The largest absolute Gasteiger partial charge is 0.573 e. The van der Waals surface area contributed by atoms with Crippen LogP contribution in [0.5, 0.6) is 5.75 Å². The number of halogens is 3. The highest BCUT2D eigenvalue weighted by atomic mass is 32.2. The maximum atomic E-state index is 12.9. The maximum Gasteiger partial charge on any atom is 0.573 e. The van der Waals surface area contributed by atoms with Crippen LogP contribution in [0.25, 0.3) is 0 Å². The molecule has 0 unspecified atom stereocenters. The molecule has 1 aliphatic rings. The first-order chi connectivity index (χ1) is 17.4. The summed E-state index contributed by atoms with van der Waals surface area (Å²) in [5.41, 5.74) is 6.56. The Balaban J connectivity index is 1.75. The average molecular weight is 538 g/mol. The van der Waals surface area contributed by atoms with Gasteiger partial charge in [-0.1, -0.05) is 0 Å². The predicted molar refractivity (Wildman–Crippen MR) is 135 cm³/mol. The predicted octanol–water partition coefficient (Wildman–Crippen LogP) is 2.69. The number of aromatic nitrogens is 1. The number of nitrogens with one attached hydrogen (secondary N) is 2. The Morgan fingerprint density at radius 3 is 2.57 bits per heavy atom. The molecule has 0 bridgehead atoms. The van der Waals surface area contributed by atoms with Gasteiger partial charge in [0.15, 0.2) is 10.9 Å². The van der Waals surface area contributed by atoms with Gasteiger partial charge in [-0.3, -0.25) is 24.9 Å². The van der Waals surface area contributed by atoms with Crippen molar-refractivity contribution in [2.75, 3.05) is 45.1 Å². The molecule has 14 heteroatoms. The van der Waals surface area contributed by atoms with Crippen LogP contribution >= 0.6 is 11.8 Å². The van der Waals surface area contributed by atoms with Gasteiger partial charge in [0, 0.05) is 37.9 Å². The second-order valence-corrected chi connectivity index (χ2v) is 9.32. The normalized spacial score (nSPS) is 15.3. The number of likely N-dealkylation sites (N-methyl/N-ethyl adjacent to an activating group) is 1. The number of anilines is 1. The zero-order valence-corrected chi connectivity index (χ0v) is 20.9. The number of hydrogen-bond donors (Lipinski definition) is 3. The van der Waals surface area contributed by atoms with Crippen LogP contribution in [0.4, 0.5) is 18.9 Å². The van der Waals surface area contributed by atoms with Crippen LogP contribution in [0, 0.1) is 12.3 Å². The van der Waals surface area contributed by atoms with Crippen LogP contribution in [-0.4, -0.2) is 82.9 Å². The minimum Gasteiger partial charge on any atom is -0.404 e. The fourth-order valence-corrected chi connectivity index (χ4v) is 3.93. The van der Waals surface area contributed by atoms with E-state index in [1.807, 2.05) is 18.9 Å². The highest BCUT2D eigenvalue weighted by molar-refractivity contribution is 8.26. The Morgan fingerprint density at radius 1 is 1.22 bits per heavy atom. The van der Waals surface area contributed by atoms with E-state index in [1.165, 1.54) is 6.20 Å². The van der Waals surface area contributed by atoms with Crippen molar-refractivity contribution in [3.63, 3.8) is 0 Å². The van der Waals surface area contributed by atoms with Gasteiger partial charge in [-0.05, 0) is 61.6 Å². The third-order valence-electron chi connectivity index (χ3n) is 5.26. The van der Waals surface area contributed by atoms with Gasteiger partial charge >= 0.3 is 6.36 Å². The Morgan fingerprint density at radius 2 is 1.92 bits per heavy atom. The smallest absolute Gasteiger partial charge is 0.404 e. The molecule has 2 heterocycles. The first-order valence-electron chi connectivity index (χ1n) is 11.1. The molecule has 0 atom stereocenters. The lowest BCUT2D eigenvalue weighted by molar-refractivity contribution is -0.274. The van der Waals surface area contributed by atoms with E-state index >= 15 is 0 Å². The molecule has 10 nitrogen and oxygen atoms in total. The van der Waals surface area contributed by atoms with Gasteiger partial charge in [0.1, 0.15) is 5.04 Å². The van der Waals surface area contributed by atoms with Crippen LogP contribution in [0.3, 0.4) is 0 Å². The van der Waals surface area contributed by atoms with Gasteiger partial charge < -0.3 is 20.7 Å². The van der Waals surface area contributed by atoms with E-state index in [1.54, 1.807) is 12.1 Å². The lowest BCUT2D eigenvalue weighted by atomic mass is 10.1. The fourth-order valence-electron chi connectivity index (χ4n) is 3.38. The van der Waals surface area contributed by atoms with Gasteiger partial charge in [-0.15, -0.1) is 13.2 Å². The van der Waals surface area contributed by atoms with Gasteiger partial charge in [0.05, 0.1) is 17.9 Å². The van der Waals surface area contributed by atoms with Crippen molar-refractivity contribution in [1.82, 2.24) is 14.8 Å². The van der Waals surface area contributed by atoms with Crippen molar-refractivity contribution in [1.29, 1.82) is 5.41 Å². The molecule has 0 spiro atoms. The van der Waals surface area contributed by atoms with E-state index in [0.717, 1.165) is 36.9 Å². The molecule has 1 aromatic carbocycles. The van der Waals surface area contributed by atoms with Gasteiger partial charge in [0.25, 0.3) is 5.91 Å². The number of nitrogens with zero attached hydrogens (tertiary/aromatic N) is 4. The number of alkyl halides is 3. The summed E-state index contributed by atoms with van der Waals surface area (Å²) in [6.45, 7) is 4.58. The fraction of sp³-hybridized carbons (Fsp3) is 0.348. The molecule has 0 radical (unpaired) electrons. The molecule has 4 N–H and O–H groups in total. The number of rotatable bonds is 6. The van der Waals surface area contributed by atoms with Crippen molar-refractivity contribution in [3.8, 4) is 5.75 Å². The molecule has 1 saturated heterocycles. The number of hydrogen-bond acceptors (Lipinski definition) is 8. The van der Waals surface area contributed by atoms with E-state index in [-0.39, 0.29) is 28.0 Å². The highest BCUT2D eigenvalue weighted by Crippen LogP contribution is 2.31. The second kappa shape index (κ2) is 12.2. The van der Waals surface area contributed by atoms with E-state index in [4.69, 9.17) is 11.1 Å². The Labute approximate surface area is 215 Å². The van der Waals surface area contributed by atoms with Crippen molar-refractivity contribution in [3.05, 3.63) is 53.3 Å². The number of benzene rings is 1. The van der Waals surface area contributed by atoms with Crippen LogP contribution in [0.1, 0.15) is 21.6 Å². The van der Waals surface area contributed by atoms with Gasteiger partial charge in [0.2, 0.25) is 5.91 Å². The summed E-state index contributed by atoms with van der Waals surface area (Å²) in [7, 11) is 1.96. The molecule has 0 aliphatic carbocycles. The zero-order chi connectivity index (χ0) is 27.2. The second-order valence-electron chi connectivity index (χ2n) is 8.29. The molecule has 0 saturated carbocycles. The summed E-state index contributed by atoms with van der Waals surface area (Å²) in [4.78, 5) is 37.0. The van der Waals surface area contributed by atoms with E-state index < -0.39 is 23.9 Å². The van der Waals surface area contributed by atoms with E-state index in [2.05, 4.69) is 24.9 Å². The van der Waals surface area contributed by atoms with E-state index in [9.17, 15) is 22.8 Å². The number of piperazine rings is 1. The number of aliphatic imine (C=N–C) groups is 1. The molecule has 3 rings (SSSR count). The lowest BCUT2D eigenvalue weighted by Gasteiger charge is -2.31. The number of amidine groups is 1. The quantitative estimate of drug-likeness (QED) is 0.378. The summed E-state index contributed by atoms with van der Waals surface area (Å²) in [5, 5.41) is 10.2. The molecule has 1 aromatic heterocycles. The van der Waals surface area contributed by atoms with Gasteiger partial charge in [-0.25, -0.2) is 0 Å². The average Bonchev–Trinajstić information content (AvgIpc) is 2.80. The Hall–Kier alpha value is -3.49. The first kappa shape index (κ1) is 28.1. The third-order valence-corrected chi connectivity index (χ3v) is 5.97. The van der Waals surface area contributed by atoms with Crippen LogP contribution < -0.4 is 15.8 Å². The monoisotopic (exact) mass is 537 g/mol. The first-order valence-corrected chi connectivity index (χ1v) is 11.9. The number of pyridine rings is 1. The van der Waals surface area contributed by atoms with E-state index in [0.29, 0.717) is 30.5 Å². The molecule has 37 heavy (non-hydrogen) atoms. The van der Waals surface area contributed by atoms with Crippen molar-refractivity contribution in [2.24, 2.45) is 10.7 Å². The lowest BCUT2D eigenvalue weighted by Crippen LogP contribution is -2.47. The summed E-state index contributed by atoms with van der Waals surface area (Å²) in [5.74, 6) is -2.10. The molecular formula is C23H26F3N7O3S. The molecule has 1 aliphatic heterocycles. The Bertz CT molecular complexity index is 1200. The van der Waals surface area contributed by atoms with Crippen molar-refractivity contribution in [2.45, 2.75) is 13.3 Å². The summed E-state index contributed by atoms with van der Waals surface area (Å²) in [6, 6.07) is 6.47. The summed E-state index contributed by atoms with van der Waals surface area (Å²) in [6.07, 6.45) is -3.48. The maximum absolute atomic E-state index is 12.9. The number of carbonyl (C=O) groups excluding carboxylic acids is 2. The number of nitrogens with two attached hydrogens (primary N) is 1. The molecule has 198 valence electrons. The van der Waals surface area contributed by atoms with Crippen LogP contribution in [0.2, 0.25) is 0 Å². The summed E-state index contributed by atoms with van der Waals surface area (Å²) >= 11 is 0.705. The number of ether oxygens (including phenoxy) is 1. The number of carbonyl (C=O) groups is 2. The van der Waals surface area contributed by atoms with Crippen LogP contribution in [0.15, 0.2) is 41.5 Å². The third kappa shape index (κ3) is 8.84. The SMILES string of the molecule is Cc1ccnc(C(=N)SC(N)=NC(=O)c2ccc(OC(F)(F)F)c(NC(=O)CN3CCN(C)CC3)c2)c1. The topological polar surface area (TPSA) is 137 Å². The minimum atomic E-state index is -5.01. The molecule has 1 fully saturated rings. The van der Waals surface area contributed by atoms with Gasteiger partial charge in [-0.2, -0.15) is 4.99 Å². The number of amides is 2. The molecular weight excluding hydrogens is 511 g/mol. The zero-order valence-electron chi connectivity index (χ0n) is 20.1. The van der Waals surface area contributed by atoms with Crippen molar-refractivity contribution < 1.29 is 27.5 Å². The van der Waals surface area contributed by atoms with Crippen LogP contribution in [-0.2, 0) is 4.79 Å². The van der Waals surface area contributed by atoms with Crippen molar-refractivity contribution >= 4 is 39.5 Å². The minimum absolute atomic E-state index is 0.0334. The summed E-state index contributed by atoms with van der Waals surface area (Å²) < 4.78 is 42.7.